The van der Waals surface area contributed by atoms with Gasteiger partial charge in [0.15, 0.2) is 0 Å². The summed E-state index contributed by atoms with van der Waals surface area (Å²) in [5.74, 6) is -2.49. The summed E-state index contributed by atoms with van der Waals surface area (Å²) in [6.45, 7) is 1.54. The molecule has 4 N–H and O–H groups in total. The fourth-order valence-corrected chi connectivity index (χ4v) is 4.22. The Bertz CT molecular complexity index is 1030. The number of nitrogens with two attached hydrogens (primary N) is 1. The predicted octanol–water partition coefficient (Wildman–Crippen LogP) is 0.212. The Hall–Kier alpha value is -3.47. The zero-order chi connectivity index (χ0) is 25.0. The molecule has 2 heterocycles. The highest BCUT2D eigenvalue weighted by molar-refractivity contribution is 6.33. The van der Waals surface area contributed by atoms with Gasteiger partial charge in [-0.05, 0) is 44.4 Å². The fraction of sp³-hybridized carbons (Fsp3) is 0.455. The third-order valence-corrected chi connectivity index (χ3v) is 6.06. The largest absolute Gasteiger partial charge is 0.398 e. The summed E-state index contributed by atoms with van der Waals surface area (Å²) in [5.41, 5.74) is 6.16. The number of nitrogen functional groups attached to an aromatic ring is 1. The van der Waals surface area contributed by atoms with E-state index in [-0.39, 0.29) is 54.5 Å². The number of benzene rings is 1. The molecule has 4 amide bonds. The number of hydrogen-bond acceptors (Lipinski definition) is 7. The number of Topliss-reactive ketones (excluding diaryl/α,β-unsaturated/α-hetero) is 1. The topological polar surface area (TPSA) is 159 Å². The second-order valence-corrected chi connectivity index (χ2v) is 8.72. The SMILES string of the molecule is CC(=O)CC(C=O)NC(=O)C1CCCN2C(=O)CCC(NC(=O)c3ccc(N)c(Cl)c3)C(=O)N12. The molecule has 182 valence electrons. The fourth-order valence-electron chi connectivity index (χ4n) is 4.04. The number of nitrogens with zero attached hydrogens (tertiary/aromatic N) is 2. The summed E-state index contributed by atoms with van der Waals surface area (Å²) in [4.78, 5) is 74.5. The van der Waals surface area contributed by atoms with Gasteiger partial charge in [0.05, 0.1) is 16.8 Å². The van der Waals surface area contributed by atoms with Crippen LogP contribution in [-0.4, -0.2) is 70.4 Å². The smallest absolute Gasteiger partial charge is 0.264 e. The Kier molecular flexibility index (Phi) is 7.87. The molecule has 1 aromatic carbocycles. The van der Waals surface area contributed by atoms with Crippen LogP contribution in [-0.2, 0) is 24.0 Å². The number of ketones is 1. The van der Waals surface area contributed by atoms with Crippen LogP contribution in [0, 0.1) is 0 Å². The number of rotatable bonds is 7. The highest BCUT2D eigenvalue weighted by Gasteiger charge is 2.44. The molecule has 3 rings (SSSR count). The average Bonchev–Trinajstić information content (AvgIpc) is 2.92. The lowest BCUT2D eigenvalue weighted by Gasteiger charge is -2.43. The Morgan fingerprint density at radius 3 is 2.65 bits per heavy atom. The molecule has 2 saturated heterocycles. The molecule has 3 unspecified atom stereocenters. The van der Waals surface area contributed by atoms with Crippen molar-refractivity contribution in [2.75, 3.05) is 12.3 Å². The number of fused-ring (bicyclic) bond motifs is 1. The van der Waals surface area contributed by atoms with Gasteiger partial charge in [0, 0.05) is 24.9 Å². The molecule has 1 aromatic rings. The van der Waals surface area contributed by atoms with E-state index < -0.39 is 35.8 Å². The third-order valence-electron chi connectivity index (χ3n) is 5.73. The minimum Gasteiger partial charge on any atom is -0.398 e. The highest BCUT2D eigenvalue weighted by atomic mass is 35.5. The predicted molar refractivity (Wildman–Crippen MR) is 121 cm³/mol. The molecule has 2 aliphatic rings. The van der Waals surface area contributed by atoms with Gasteiger partial charge in [-0.3, -0.25) is 29.0 Å². The van der Waals surface area contributed by atoms with Crippen LogP contribution in [0.3, 0.4) is 0 Å². The van der Waals surface area contributed by atoms with Crippen molar-refractivity contribution in [1.82, 2.24) is 20.7 Å². The molecule has 0 bridgehead atoms. The first-order chi connectivity index (χ1) is 16.1. The lowest BCUT2D eigenvalue weighted by atomic mass is 10.0. The van der Waals surface area contributed by atoms with Crippen molar-refractivity contribution in [3.05, 3.63) is 28.8 Å². The van der Waals surface area contributed by atoms with Crippen LogP contribution < -0.4 is 16.4 Å². The molecule has 0 saturated carbocycles. The van der Waals surface area contributed by atoms with Gasteiger partial charge >= 0.3 is 0 Å². The summed E-state index contributed by atoms with van der Waals surface area (Å²) in [6.07, 6.45) is 1.03. The van der Waals surface area contributed by atoms with Crippen LogP contribution in [0.4, 0.5) is 5.69 Å². The summed E-state index contributed by atoms with van der Waals surface area (Å²) in [6, 6.07) is 1.13. The van der Waals surface area contributed by atoms with E-state index in [1.54, 1.807) is 0 Å². The van der Waals surface area contributed by atoms with Crippen LogP contribution in [0.25, 0.3) is 0 Å². The van der Waals surface area contributed by atoms with Gasteiger partial charge in [-0.15, -0.1) is 0 Å². The van der Waals surface area contributed by atoms with Crippen molar-refractivity contribution in [2.45, 2.75) is 57.2 Å². The molecular formula is C22H26ClN5O6. The number of aldehydes is 1. The van der Waals surface area contributed by atoms with Crippen molar-refractivity contribution in [3.8, 4) is 0 Å². The Balaban J connectivity index is 1.82. The van der Waals surface area contributed by atoms with Gasteiger partial charge in [-0.1, -0.05) is 11.6 Å². The van der Waals surface area contributed by atoms with E-state index >= 15 is 0 Å². The van der Waals surface area contributed by atoms with Gasteiger partial charge in [-0.2, -0.15) is 0 Å². The maximum atomic E-state index is 13.4. The minimum absolute atomic E-state index is 0.00861. The molecule has 34 heavy (non-hydrogen) atoms. The van der Waals surface area contributed by atoms with E-state index in [4.69, 9.17) is 17.3 Å². The van der Waals surface area contributed by atoms with Gasteiger partial charge in [0.1, 0.15) is 24.2 Å². The molecule has 0 aromatic heterocycles. The van der Waals surface area contributed by atoms with E-state index in [1.807, 2.05) is 0 Å². The van der Waals surface area contributed by atoms with E-state index in [0.29, 0.717) is 18.4 Å². The molecule has 2 aliphatic heterocycles. The monoisotopic (exact) mass is 491 g/mol. The van der Waals surface area contributed by atoms with E-state index in [2.05, 4.69) is 10.6 Å². The summed E-state index contributed by atoms with van der Waals surface area (Å²) >= 11 is 5.98. The van der Waals surface area contributed by atoms with Crippen LogP contribution in [0.5, 0.6) is 0 Å². The number of carbonyl (C=O) groups excluding carboxylic acids is 6. The second-order valence-electron chi connectivity index (χ2n) is 8.32. The number of anilines is 1. The maximum Gasteiger partial charge on any atom is 0.264 e. The standard InChI is InChI=1S/C22H26ClN5O6/c1-12(30)9-14(11-29)25-21(33)18-3-2-8-27-19(31)7-6-17(22(34)28(18)27)26-20(32)13-4-5-16(24)15(23)10-13/h4-5,10-11,14,17-18H,2-3,6-9,24H2,1H3,(H,25,33)(H,26,32). The lowest BCUT2D eigenvalue weighted by Crippen LogP contribution is -2.64. The van der Waals surface area contributed by atoms with Crippen molar-refractivity contribution in [2.24, 2.45) is 0 Å². The van der Waals surface area contributed by atoms with E-state index in [0.717, 1.165) is 5.01 Å². The van der Waals surface area contributed by atoms with E-state index in [1.165, 1.54) is 30.1 Å². The normalized spacial score (nSPS) is 21.2. The molecule has 12 heteroatoms. The van der Waals surface area contributed by atoms with E-state index in [9.17, 15) is 28.8 Å². The van der Waals surface area contributed by atoms with Gasteiger partial charge < -0.3 is 21.2 Å². The Morgan fingerprint density at radius 2 is 2.00 bits per heavy atom. The average molecular weight is 492 g/mol. The van der Waals surface area contributed by atoms with Gasteiger partial charge in [-0.25, -0.2) is 5.01 Å². The van der Waals surface area contributed by atoms with Crippen LogP contribution >= 0.6 is 11.6 Å². The molecular weight excluding hydrogens is 466 g/mol. The Morgan fingerprint density at radius 1 is 1.26 bits per heavy atom. The summed E-state index contributed by atoms with van der Waals surface area (Å²) in [7, 11) is 0. The molecule has 2 fully saturated rings. The molecule has 0 spiro atoms. The first kappa shape index (κ1) is 25.2. The Labute approximate surface area is 200 Å². The van der Waals surface area contributed by atoms with Crippen LogP contribution in [0.2, 0.25) is 5.02 Å². The number of carbonyl (C=O) groups is 6. The third kappa shape index (κ3) is 5.53. The van der Waals surface area contributed by atoms with Crippen molar-refractivity contribution >= 4 is 53.0 Å². The van der Waals surface area contributed by atoms with Crippen LogP contribution in [0.15, 0.2) is 18.2 Å². The number of nitrogens with one attached hydrogen (secondary N) is 2. The minimum atomic E-state index is -1.07. The number of hydrogen-bond donors (Lipinski definition) is 3. The second kappa shape index (κ2) is 10.6. The first-order valence-electron chi connectivity index (χ1n) is 10.9. The number of amides is 4. The van der Waals surface area contributed by atoms with Gasteiger partial charge in [0.25, 0.3) is 11.8 Å². The first-order valence-corrected chi connectivity index (χ1v) is 11.2. The molecule has 0 radical (unpaired) electrons. The van der Waals surface area contributed by atoms with Crippen LogP contribution in [0.1, 0.15) is 49.4 Å². The van der Waals surface area contributed by atoms with Crippen molar-refractivity contribution < 1.29 is 28.8 Å². The molecule has 0 aliphatic carbocycles. The van der Waals surface area contributed by atoms with Crippen molar-refractivity contribution in [3.63, 3.8) is 0 Å². The summed E-state index contributed by atoms with van der Waals surface area (Å²) < 4.78 is 0. The molecule has 11 nitrogen and oxygen atoms in total. The molecule has 3 atom stereocenters. The van der Waals surface area contributed by atoms with Crippen molar-refractivity contribution in [1.29, 1.82) is 0 Å². The maximum absolute atomic E-state index is 13.4. The zero-order valence-electron chi connectivity index (χ0n) is 18.6. The highest BCUT2D eigenvalue weighted by Crippen LogP contribution is 2.26. The summed E-state index contributed by atoms with van der Waals surface area (Å²) in [5, 5.41) is 7.58. The zero-order valence-corrected chi connectivity index (χ0v) is 19.3. The quantitative estimate of drug-likeness (QED) is 0.363. The lowest BCUT2D eigenvalue weighted by molar-refractivity contribution is -0.176. The number of hydrazine groups is 1. The van der Waals surface area contributed by atoms with Gasteiger partial charge in [0.2, 0.25) is 11.8 Å². The number of halogens is 1.